The zero-order valence-corrected chi connectivity index (χ0v) is 8.07. The van der Waals surface area contributed by atoms with Gasteiger partial charge in [-0.1, -0.05) is 12.1 Å². The maximum absolute atomic E-state index is 8.89. The predicted octanol–water partition coefficient (Wildman–Crippen LogP) is 1.97. The lowest BCUT2D eigenvalue weighted by atomic mass is 10.2. The summed E-state index contributed by atoms with van der Waals surface area (Å²) in [5, 5.41) is 8.89. The number of unbranched alkanes of at least 4 members (excludes halogenated alkanes) is 1. The Morgan fingerprint density at radius 3 is 3.00 bits per heavy atom. The minimum absolute atomic E-state index is 0.0432. The monoisotopic (exact) mass is 190 g/mol. The summed E-state index contributed by atoms with van der Waals surface area (Å²) in [7, 11) is 0. The summed E-state index contributed by atoms with van der Waals surface area (Å²) in [6, 6.07) is 7.42. The highest BCUT2D eigenvalue weighted by Crippen LogP contribution is 2.13. The van der Waals surface area contributed by atoms with Gasteiger partial charge >= 0.3 is 0 Å². The Morgan fingerprint density at radius 2 is 2.29 bits per heavy atom. The van der Waals surface area contributed by atoms with Crippen LogP contribution in [0, 0.1) is 12.3 Å². The molecule has 1 N–H and O–H groups in total. The molecule has 2 nitrogen and oxygen atoms in total. The van der Waals surface area contributed by atoms with Crippen molar-refractivity contribution >= 4 is 0 Å². The van der Waals surface area contributed by atoms with Gasteiger partial charge in [-0.2, -0.15) is 0 Å². The van der Waals surface area contributed by atoms with Gasteiger partial charge in [-0.3, -0.25) is 0 Å². The van der Waals surface area contributed by atoms with Crippen LogP contribution in [0.4, 0.5) is 0 Å². The third kappa shape index (κ3) is 3.51. The lowest BCUT2D eigenvalue weighted by Gasteiger charge is -2.05. The van der Waals surface area contributed by atoms with Crippen LogP contribution in [-0.4, -0.2) is 11.7 Å². The maximum Gasteiger partial charge on any atom is 0.119 e. The molecule has 74 valence electrons. The van der Waals surface area contributed by atoms with Gasteiger partial charge < -0.3 is 9.84 Å². The van der Waals surface area contributed by atoms with E-state index in [1.165, 1.54) is 0 Å². The van der Waals surface area contributed by atoms with Gasteiger partial charge in [0.15, 0.2) is 0 Å². The second-order valence-electron chi connectivity index (χ2n) is 2.96. The second kappa shape index (κ2) is 6.06. The van der Waals surface area contributed by atoms with E-state index < -0.39 is 0 Å². The second-order valence-corrected chi connectivity index (χ2v) is 2.96. The van der Waals surface area contributed by atoms with E-state index in [0.717, 1.165) is 24.2 Å². The highest BCUT2D eigenvalue weighted by molar-refractivity contribution is 5.27. The van der Waals surface area contributed by atoms with Crippen LogP contribution in [0.25, 0.3) is 0 Å². The number of aliphatic hydroxyl groups is 1. The standard InChI is InChI=1S/C12H14O2/c1-2-3-4-8-14-12-7-5-6-11(9-12)10-13/h1,5-7,9,13H,3-4,8,10H2. The zero-order valence-electron chi connectivity index (χ0n) is 8.07. The molecule has 0 fully saturated rings. The fourth-order valence-corrected chi connectivity index (χ4v) is 1.10. The molecule has 0 aliphatic rings. The predicted molar refractivity (Wildman–Crippen MR) is 55.9 cm³/mol. The topological polar surface area (TPSA) is 29.5 Å². The Hall–Kier alpha value is -1.46. The fraction of sp³-hybridized carbons (Fsp3) is 0.333. The molecule has 14 heavy (non-hydrogen) atoms. The average Bonchev–Trinajstić information content (AvgIpc) is 2.25. The third-order valence-electron chi connectivity index (χ3n) is 1.82. The van der Waals surface area contributed by atoms with Gasteiger partial charge in [0.05, 0.1) is 13.2 Å². The molecular formula is C12H14O2. The summed E-state index contributed by atoms with van der Waals surface area (Å²) in [5.74, 6) is 3.34. The van der Waals surface area contributed by atoms with Crippen LogP contribution >= 0.6 is 0 Å². The first-order valence-electron chi connectivity index (χ1n) is 4.63. The number of hydrogen-bond acceptors (Lipinski definition) is 2. The van der Waals surface area contributed by atoms with Crippen molar-refractivity contribution in [1.82, 2.24) is 0 Å². The van der Waals surface area contributed by atoms with Gasteiger partial charge in [0.1, 0.15) is 5.75 Å². The van der Waals surface area contributed by atoms with Crippen LogP contribution in [0.2, 0.25) is 0 Å². The van der Waals surface area contributed by atoms with Crippen molar-refractivity contribution in [3.8, 4) is 18.1 Å². The summed E-state index contributed by atoms with van der Waals surface area (Å²) in [4.78, 5) is 0. The summed E-state index contributed by atoms with van der Waals surface area (Å²) in [6.45, 7) is 0.667. The highest BCUT2D eigenvalue weighted by Gasteiger charge is 1.95. The summed E-state index contributed by atoms with van der Waals surface area (Å²) < 4.78 is 5.44. The minimum atomic E-state index is 0.0432. The van der Waals surface area contributed by atoms with E-state index in [1.807, 2.05) is 24.3 Å². The van der Waals surface area contributed by atoms with Crippen molar-refractivity contribution in [3.63, 3.8) is 0 Å². The molecule has 0 bridgehead atoms. The Kier molecular flexibility index (Phi) is 4.60. The SMILES string of the molecule is C#CCCCOc1cccc(CO)c1. The molecule has 0 spiro atoms. The van der Waals surface area contributed by atoms with Gasteiger partial charge in [0.25, 0.3) is 0 Å². The first-order chi connectivity index (χ1) is 6.86. The minimum Gasteiger partial charge on any atom is -0.494 e. The van der Waals surface area contributed by atoms with Crippen LogP contribution in [0.3, 0.4) is 0 Å². The quantitative estimate of drug-likeness (QED) is 0.568. The molecule has 0 aromatic heterocycles. The molecule has 0 aliphatic carbocycles. The van der Waals surface area contributed by atoms with Crippen LogP contribution in [0.15, 0.2) is 24.3 Å². The largest absolute Gasteiger partial charge is 0.494 e. The zero-order chi connectivity index (χ0) is 10.2. The van der Waals surface area contributed by atoms with Crippen molar-refractivity contribution < 1.29 is 9.84 Å². The lowest BCUT2D eigenvalue weighted by Crippen LogP contribution is -1.97. The van der Waals surface area contributed by atoms with Gasteiger partial charge in [-0.05, 0) is 24.1 Å². The molecule has 0 amide bonds. The number of ether oxygens (including phenoxy) is 1. The van der Waals surface area contributed by atoms with E-state index in [0.29, 0.717) is 6.61 Å². The maximum atomic E-state index is 8.89. The summed E-state index contributed by atoms with van der Waals surface area (Å²) in [5.41, 5.74) is 0.861. The van der Waals surface area contributed by atoms with Crippen molar-refractivity contribution in [2.24, 2.45) is 0 Å². The number of rotatable bonds is 5. The van der Waals surface area contributed by atoms with Crippen LogP contribution in [0.1, 0.15) is 18.4 Å². The van der Waals surface area contributed by atoms with Crippen molar-refractivity contribution in [3.05, 3.63) is 29.8 Å². The normalized spacial score (nSPS) is 9.43. The molecule has 0 saturated heterocycles. The Labute approximate surface area is 84.5 Å². The summed E-state index contributed by atoms with van der Waals surface area (Å²) >= 11 is 0. The lowest BCUT2D eigenvalue weighted by molar-refractivity contribution is 0.279. The molecular weight excluding hydrogens is 176 g/mol. The van der Waals surface area contributed by atoms with Crippen LogP contribution in [0.5, 0.6) is 5.75 Å². The van der Waals surface area contributed by atoms with Gasteiger partial charge in [0, 0.05) is 6.42 Å². The van der Waals surface area contributed by atoms with Gasteiger partial charge in [-0.15, -0.1) is 12.3 Å². The van der Waals surface area contributed by atoms with E-state index in [4.69, 9.17) is 16.3 Å². The summed E-state index contributed by atoms with van der Waals surface area (Å²) in [6.07, 6.45) is 6.71. The van der Waals surface area contributed by atoms with E-state index in [1.54, 1.807) is 0 Å². The van der Waals surface area contributed by atoms with E-state index >= 15 is 0 Å². The Morgan fingerprint density at radius 1 is 1.43 bits per heavy atom. The number of terminal acetylenes is 1. The van der Waals surface area contributed by atoms with E-state index in [2.05, 4.69) is 5.92 Å². The Bertz CT molecular complexity index is 312. The van der Waals surface area contributed by atoms with E-state index in [-0.39, 0.29) is 6.61 Å². The van der Waals surface area contributed by atoms with Gasteiger partial charge in [-0.25, -0.2) is 0 Å². The van der Waals surface area contributed by atoms with Crippen molar-refractivity contribution in [2.75, 3.05) is 6.61 Å². The van der Waals surface area contributed by atoms with Crippen LogP contribution in [-0.2, 0) is 6.61 Å². The first kappa shape index (κ1) is 10.6. The van der Waals surface area contributed by atoms with Crippen molar-refractivity contribution in [2.45, 2.75) is 19.4 Å². The molecule has 0 saturated carbocycles. The number of hydrogen-bond donors (Lipinski definition) is 1. The molecule has 0 atom stereocenters. The molecule has 0 radical (unpaired) electrons. The average molecular weight is 190 g/mol. The molecule has 0 aliphatic heterocycles. The fourth-order valence-electron chi connectivity index (χ4n) is 1.10. The number of benzene rings is 1. The molecule has 1 rings (SSSR count). The van der Waals surface area contributed by atoms with E-state index in [9.17, 15) is 0 Å². The highest BCUT2D eigenvalue weighted by atomic mass is 16.5. The van der Waals surface area contributed by atoms with Crippen molar-refractivity contribution in [1.29, 1.82) is 0 Å². The van der Waals surface area contributed by atoms with Crippen LogP contribution < -0.4 is 4.74 Å². The molecule has 1 aromatic rings. The van der Waals surface area contributed by atoms with Gasteiger partial charge in [0.2, 0.25) is 0 Å². The smallest absolute Gasteiger partial charge is 0.119 e. The third-order valence-corrected chi connectivity index (χ3v) is 1.82. The molecule has 0 heterocycles. The number of aliphatic hydroxyl groups excluding tert-OH is 1. The molecule has 0 unspecified atom stereocenters. The first-order valence-corrected chi connectivity index (χ1v) is 4.63. The molecule has 1 aromatic carbocycles. The Balaban J connectivity index is 2.39. The molecule has 2 heteroatoms.